The summed E-state index contributed by atoms with van der Waals surface area (Å²) in [5.41, 5.74) is 8.06. The Balaban J connectivity index is 1.84. The molecule has 2 heterocycles. The number of hydrogen-bond donors (Lipinski definition) is 1. The number of rotatable bonds is 5. The van der Waals surface area contributed by atoms with Crippen molar-refractivity contribution in [1.29, 1.82) is 0 Å². The quantitative estimate of drug-likeness (QED) is 0.920. The lowest BCUT2D eigenvalue weighted by molar-refractivity contribution is 0.174. The molecule has 112 valence electrons. The van der Waals surface area contributed by atoms with Gasteiger partial charge < -0.3 is 19.6 Å². The standard InChI is InChI=1S/C15H17ClN2O3/c1-18(7-10-2-3-19-8-10)13(6-17)11-4-12(16)15-14(5-11)20-9-21-15/h2-5,8,13H,6-7,9,17H2,1H3. The van der Waals surface area contributed by atoms with Crippen molar-refractivity contribution in [1.82, 2.24) is 4.90 Å². The van der Waals surface area contributed by atoms with Gasteiger partial charge in [-0.25, -0.2) is 0 Å². The van der Waals surface area contributed by atoms with E-state index < -0.39 is 0 Å². The third-order valence-corrected chi connectivity index (χ3v) is 3.88. The highest BCUT2D eigenvalue weighted by Gasteiger charge is 2.23. The zero-order chi connectivity index (χ0) is 14.8. The smallest absolute Gasteiger partial charge is 0.231 e. The average Bonchev–Trinajstić information content (AvgIpc) is 3.10. The van der Waals surface area contributed by atoms with E-state index in [1.165, 1.54) is 0 Å². The number of nitrogens with two attached hydrogens (primary N) is 1. The fourth-order valence-corrected chi connectivity index (χ4v) is 2.80. The fourth-order valence-electron chi connectivity index (χ4n) is 2.53. The van der Waals surface area contributed by atoms with E-state index in [9.17, 15) is 0 Å². The number of halogens is 1. The minimum Gasteiger partial charge on any atom is -0.472 e. The molecular formula is C15H17ClN2O3. The maximum absolute atomic E-state index is 6.24. The molecule has 1 aliphatic rings. The summed E-state index contributed by atoms with van der Waals surface area (Å²) >= 11 is 6.24. The first-order valence-electron chi connectivity index (χ1n) is 6.69. The van der Waals surface area contributed by atoms with Crippen molar-refractivity contribution < 1.29 is 13.9 Å². The highest BCUT2D eigenvalue weighted by molar-refractivity contribution is 6.32. The molecule has 2 aromatic rings. The Hall–Kier alpha value is -1.69. The minimum absolute atomic E-state index is 0.0342. The molecule has 1 aliphatic heterocycles. The van der Waals surface area contributed by atoms with E-state index >= 15 is 0 Å². The predicted molar refractivity (Wildman–Crippen MR) is 79.5 cm³/mol. The molecule has 1 aromatic heterocycles. The molecule has 0 saturated carbocycles. The van der Waals surface area contributed by atoms with Crippen molar-refractivity contribution >= 4 is 11.6 Å². The van der Waals surface area contributed by atoms with Gasteiger partial charge in [0.1, 0.15) is 0 Å². The summed E-state index contributed by atoms with van der Waals surface area (Å²) in [5.74, 6) is 1.28. The van der Waals surface area contributed by atoms with E-state index in [2.05, 4.69) is 4.90 Å². The lowest BCUT2D eigenvalue weighted by atomic mass is 10.0. The maximum Gasteiger partial charge on any atom is 0.231 e. The first-order chi connectivity index (χ1) is 10.2. The van der Waals surface area contributed by atoms with Crippen LogP contribution in [0.5, 0.6) is 11.5 Å². The molecule has 0 aliphatic carbocycles. The van der Waals surface area contributed by atoms with Crippen LogP contribution in [0, 0.1) is 0 Å². The van der Waals surface area contributed by atoms with Gasteiger partial charge in [0.2, 0.25) is 6.79 Å². The molecule has 21 heavy (non-hydrogen) atoms. The van der Waals surface area contributed by atoms with Crippen molar-refractivity contribution in [2.45, 2.75) is 12.6 Å². The van der Waals surface area contributed by atoms with Crippen LogP contribution in [0.4, 0.5) is 0 Å². The van der Waals surface area contributed by atoms with Crippen LogP contribution >= 0.6 is 11.6 Å². The second kappa shape index (κ2) is 5.97. The van der Waals surface area contributed by atoms with Gasteiger partial charge in [0.05, 0.1) is 17.5 Å². The normalized spacial score (nSPS) is 14.7. The van der Waals surface area contributed by atoms with Gasteiger partial charge in [-0.15, -0.1) is 0 Å². The minimum atomic E-state index is 0.0342. The first kappa shape index (κ1) is 14.3. The van der Waals surface area contributed by atoms with Crippen LogP contribution < -0.4 is 15.2 Å². The molecule has 0 amide bonds. The van der Waals surface area contributed by atoms with Crippen LogP contribution in [0.3, 0.4) is 0 Å². The number of hydrogen-bond acceptors (Lipinski definition) is 5. The van der Waals surface area contributed by atoms with Gasteiger partial charge in [-0.2, -0.15) is 0 Å². The first-order valence-corrected chi connectivity index (χ1v) is 7.07. The van der Waals surface area contributed by atoms with Gasteiger partial charge in [-0.05, 0) is 30.8 Å². The van der Waals surface area contributed by atoms with Crippen LogP contribution in [0.2, 0.25) is 5.02 Å². The molecule has 0 saturated heterocycles. The Labute approximate surface area is 128 Å². The third-order valence-electron chi connectivity index (χ3n) is 3.60. The zero-order valence-electron chi connectivity index (χ0n) is 11.7. The highest BCUT2D eigenvalue weighted by atomic mass is 35.5. The molecule has 1 aromatic carbocycles. The van der Waals surface area contributed by atoms with E-state index in [-0.39, 0.29) is 12.8 Å². The summed E-state index contributed by atoms with van der Waals surface area (Å²) in [5, 5.41) is 0.551. The predicted octanol–water partition coefficient (Wildman–Crippen LogP) is 2.79. The van der Waals surface area contributed by atoms with Crippen molar-refractivity contribution in [3.63, 3.8) is 0 Å². The van der Waals surface area contributed by atoms with Crippen molar-refractivity contribution in [3.05, 3.63) is 46.9 Å². The fraction of sp³-hybridized carbons (Fsp3) is 0.333. The van der Waals surface area contributed by atoms with Crippen LogP contribution in [0.25, 0.3) is 0 Å². The van der Waals surface area contributed by atoms with Crippen LogP contribution in [0.15, 0.2) is 35.1 Å². The second-order valence-corrected chi connectivity index (χ2v) is 5.44. The van der Waals surface area contributed by atoms with Gasteiger partial charge in [0, 0.05) is 24.7 Å². The number of furan rings is 1. The monoisotopic (exact) mass is 308 g/mol. The summed E-state index contributed by atoms with van der Waals surface area (Å²) in [6, 6.07) is 5.80. The molecule has 0 spiro atoms. The molecule has 1 unspecified atom stereocenters. The van der Waals surface area contributed by atoms with Crippen molar-refractivity contribution in [2.24, 2.45) is 5.73 Å². The van der Waals surface area contributed by atoms with Crippen molar-refractivity contribution in [2.75, 3.05) is 20.4 Å². The van der Waals surface area contributed by atoms with E-state index in [1.54, 1.807) is 12.5 Å². The van der Waals surface area contributed by atoms with Crippen LogP contribution in [-0.4, -0.2) is 25.3 Å². The number of ether oxygens (including phenoxy) is 2. The average molecular weight is 309 g/mol. The van der Waals surface area contributed by atoms with Gasteiger partial charge in [-0.3, -0.25) is 4.90 Å². The lowest BCUT2D eigenvalue weighted by Crippen LogP contribution is -2.30. The molecule has 0 radical (unpaired) electrons. The highest BCUT2D eigenvalue weighted by Crippen LogP contribution is 2.41. The second-order valence-electron chi connectivity index (χ2n) is 5.03. The Morgan fingerprint density at radius 1 is 1.38 bits per heavy atom. The van der Waals surface area contributed by atoms with E-state index in [4.69, 9.17) is 31.2 Å². The van der Waals surface area contributed by atoms with Crippen molar-refractivity contribution in [3.8, 4) is 11.5 Å². The Bertz CT molecular complexity index is 616. The SMILES string of the molecule is CN(Cc1ccoc1)C(CN)c1cc(Cl)c2c(c1)OCO2. The van der Waals surface area contributed by atoms with E-state index in [1.807, 2.05) is 25.2 Å². The number of nitrogens with zero attached hydrogens (tertiary/aromatic N) is 1. The topological polar surface area (TPSA) is 60.9 Å². The zero-order valence-corrected chi connectivity index (χ0v) is 12.5. The molecule has 0 fully saturated rings. The molecule has 3 rings (SSSR count). The lowest BCUT2D eigenvalue weighted by Gasteiger charge is -2.27. The maximum atomic E-state index is 6.24. The molecule has 5 nitrogen and oxygen atoms in total. The molecule has 2 N–H and O–H groups in total. The molecule has 1 atom stereocenters. The molecule has 6 heteroatoms. The summed E-state index contributed by atoms with van der Waals surface area (Å²) < 4.78 is 15.8. The van der Waals surface area contributed by atoms with Gasteiger partial charge in [0.25, 0.3) is 0 Å². The molecular weight excluding hydrogens is 292 g/mol. The van der Waals surface area contributed by atoms with E-state index in [0.29, 0.717) is 23.1 Å². The molecule has 0 bridgehead atoms. The Morgan fingerprint density at radius 2 is 2.24 bits per heavy atom. The number of fused-ring (bicyclic) bond motifs is 1. The summed E-state index contributed by atoms with van der Waals surface area (Å²) in [6.07, 6.45) is 3.40. The van der Waals surface area contributed by atoms with Gasteiger partial charge in [0.15, 0.2) is 11.5 Å². The van der Waals surface area contributed by atoms with Gasteiger partial charge >= 0.3 is 0 Å². The largest absolute Gasteiger partial charge is 0.472 e. The van der Waals surface area contributed by atoms with E-state index in [0.717, 1.165) is 17.7 Å². The third kappa shape index (κ3) is 2.85. The summed E-state index contributed by atoms with van der Waals surface area (Å²) in [6.45, 7) is 1.42. The number of benzene rings is 1. The Kier molecular flexibility index (Phi) is 4.05. The number of likely N-dealkylation sites (N-methyl/N-ethyl adjacent to an activating group) is 1. The van der Waals surface area contributed by atoms with Gasteiger partial charge in [-0.1, -0.05) is 11.6 Å². The van der Waals surface area contributed by atoms with Crippen LogP contribution in [0.1, 0.15) is 17.2 Å². The van der Waals surface area contributed by atoms with Crippen LogP contribution in [-0.2, 0) is 6.54 Å². The summed E-state index contributed by atoms with van der Waals surface area (Å²) in [4.78, 5) is 2.15. The Morgan fingerprint density at radius 3 is 2.95 bits per heavy atom. The summed E-state index contributed by atoms with van der Waals surface area (Å²) in [7, 11) is 2.02.